The Morgan fingerprint density at radius 3 is 2.61 bits per heavy atom. The number of benzene rings is 2. The van der Waals surface area contributed by atoms with E-state index in [9.17, 15) is 14.9 Å². The van der Waals surface area contributed by atoms with Gasteiger partial charge >= 0.3 is 0 Å². The lowest BCUT2D eigenvalue weighted by Crippen LogP contribution is -2.31. The molecule has 1 unspecified atom stereocenters. The number of rotatable bonds is 5. The number of hydrogen-bond donors (Lipinski definition) is 1. The van der Waals surface area contributed by atoms with Crippen molar-refractivity contribution >= 4 is 45.6 Å². The van der Waals surface area contributed by atoms with Crippen LogP contribution in [0.25, 0.3) is 0 Å². The fraction of sp³-hybridized carbons (Fsp3) is 0.240. The number of nitriles is 1. The number of carbonyl (C=O) groups excluding carboxylic acids is 2. The lowest BCUT2D eigenvalue weighted by molar-refractivity contribution is -0.121. The van der Waals surface area contributed by atoms with Crippen molar-refractivity contribution in [3.63, 3.8) is 0 Å². The highest BCUT2D eigenvalue weighted by Crippen LogP contribution is 2.43. The van der Waals surface area contributed by atoms with Crippen molar-refractivity contribution in [1.29, 1.82) is 5.26 Å². The van der Waals surface area contributed by atoms with Gasteiger partial charge in [-0.1, -0.05) is 30.3 Å². The summed E-state index contributed by atoms with van der Waals surface area (Å²) in [4.78, 5) is 31.7. The van der Waals surface area contributed by atoms with Gasteiger partial charge < -0.3 is 5.73 Å². The van der Waals surface area contributed by atoms with Crippen molar-refractivity contribution in [2.75, 3.05) is 17.2 Å². The predicted octanol–water partition coefficient (Wildman–Crippen LogP) is 4.18. The number of hydrogen-bond acceptors (Lipinski definition) is 7. The number of amides is 2. The van der Waals surface area contributed by atoms with Crippen molar-refractivity contribution in [2.45, 2.75) is 36.1 Å². The Kier molecular flexibility index (Phi) is 5.94. The molecule has 8 heteroatoms. The summed E-state index contributed by atoms with van der Waals surface area (Å²) in [6, 6.07) is 19.8. The average Bonchev–Trinajstić information content (AvgIpc) is 3.31. The molecule has 6 nitrogen and oxygen atoms in total. The Morgan fingerprint density at radius 1 is 1.12 bits per heavy atom. The van der Waals surface area contributed by atoms with E-state index in [2.05, 4.69) is 23.1 Å². The van der Waals surface area contributed by atoms with Crippen LogP contribution in [0, 0.1) is 11.3 Å². The normalized spacial score (nSPS) is 18.4. The lowest BCUT2D eigenvalue weighted by Gasteiger charge is -2.26. The molecule has 3 aromatic rings. The summed E-state index contributed by atoms with van der Waals surface area (Å²) in [6.07, 6.45) is 0.864. The number of carbonyl (C=O) groups is 2. The number of fused-ring (bicyclic) bond motifs is 1. The summed E-state index contributed by atoms with van der Waals surface area (Å²) in [5.74, 6) is -0.498. The van der Waals surface area contributed by atoms with E-state index in [1.165, 1.54) is 33.6 Å². The highest BCUT2D eigenvalue weighted by Gasteiger charge is 2.43. The monoisotopic (exact) mass is 474 g/mol. The molecule has 2 amide bonds. The van der Waals surface area contributed by atoms with E-state index in [1.807, 2.05) is 30.3 Å². The van der Waals surface area contributed by atoms with Gasteiger partial charge in [-0.15, -0.1) is 23.1 Å². The Morgan fingerprint density at radius 2 is 1.88 bits per heavy atom. The fourth-order valence-corrected chi connectivity index (χ4v) is 6.73. The maximum atomic E-state index is 13.2. The van der Waals surface area contributed by atoms with Crippen molar-refractivity contribution in [2.24, 2.45) is 0 Å². The van der Waals surface area contributed by atoms with Gasteiger partial charge in [-0.3, -0.25) is 14.5 Å². The molecular weight excluding hydrogens is 452 g/mol. The number of thiophene rings is 1. The largest absolute Gasteiger partial charge is 0.399 e. The molecule has 0 radical (unpaired) electrons. The van der Waals surface area contributed by atoms with Crippen LogP contribution >= 0.6 is 23.1 Å². The van der Waals surface area contributed by atoms with Gasteiger partial charge in [0.15, 0.2) is 0 Å². The van der Waals surface area contributed by atoms with Crippen LogP contribution in [0.5, 0.6) is 0 Å². The molecule has 0 spiro atoms. The van der Waals surface area contributed by atoms with Crippen LogP contribution in [0.1, 0.15) is 28.0 Å². The zero-order valence-electron chi connectivity index (χ0n) is 17.9. The van der Waals surface area contributed by atoms with Gasteiger partial charge in [0.1, 0.15) is 11.1 Å². The molecule has 2 aliphatic rings. The summed E-state index contributed by atoms with van der Waals surface area (Å²) < 4.78 is 0. The van der Waals surface area contributed by atoms with Gasteiger partial charge in [0.2, 0.25) is 11.8 Å². The van der Waals surface area contributed by atoms with Crippen LogP contribution in [0.3, 0.4) is 0 Å². The standard InChI is InChI=1S/C25H22N4O2S2/c26-13-20-19-10-11-28(14-16-4-2-1-3-5-16)15-22(19)33-25(20)29-23(30)12-21(24(29)31)32-18-8-6-17(27)7-9-18/h1-9,21H,10-12,14-15,27H2. The molecule has 0 saturated carbocycles. The average molecular weight is 475 g/mol. The van der Waals surface area contributed by atoms with Gasteiger partial charge in [0.05, 0.1) is 10.8 Å². The van der Waals surface area contributed by atoms with Crippen molar-refractivity contribution < 1.29 is 9.59 Å². The molecule has 1 saturated heterocycles. The Hall–Kier alpha value is -3.12. The van der Waals surface area contributed by atoms with E-state index in [0.717, 1.165) is 34.8 Å². The number of nitrogens with zero attached hydrogens (tertiary/aromatic N) is 3. The number of nitrogen functional groups attached to an aromatic ring is 1. The summed E-state index contributed by atoms with van der Waals surface area (Å²) >= 11 is 2.78. The topological polar surface area (TPSA) is 90.4 Å². The van der Waals surface area contributed by atoms with Gasteiger partial charge in [-0.2, -0.15) is 5.26 Å². The Labute approximate surface area is 200 Å². The summed E-state index contributed by atoms with van der Waals surface area (Å²) in [7, 11) is 0. The Bertz CT molecular complexity index is 1250. The molecule has 33 heavy (non-hydrogen) atoms. The third-order valence-electron chi connectivity index (χ3n) is 5.94. The predicted molar refractivity (Wildman–Crippen MR) is 131 cm³/mol. The van der Waals surface area contributed by atoms with Crippen LogP contribution in [0.4, 0.5) is 10.7 Å². The second-order valence-corrected chi connectivity index (χ2v) is 10.5. The fourth-order valence-electron chi connectivity index (χ4n) is 4.31. The van der Waals surface area contributed by atoms with Crippen molar-refractivity contribution in [3.8, 4) is 6.07 Å². The highest BCUT2D eigenvalue weighted by molar-refractivity contribution is 8.00. The molecule has 0 aliphatic carbocycles. The summed E-state index contributed by atoms with van der Waals surface area (Å²) in [6.45, 7) is 2.38. The molecule has 2 aliphatic heterocycles. The van der Waals surface area contributed by atoms with E-state index in [4.69, 9.17) is 5.73 Å². The van der Waals surface area contributed by atoms with Crippen LogP contribution in [0.2, 0.25) is 0 Å². The first-order valence-corrected chi connectivity index (χ1v) is 12.4. The molecule has 166 valence electrons. The van der Waals surface area contributed by atoms with Crippen molar-refractivity contribution in [1.82, 2.24) is 4.90 Å². The molecule has 0 bridgehead atoms. The molecule has 2 N–H and O–H groups in total. The third-order valence-corrected chi connectivity index (χ3v) is 8.34. The number of thioether (sulfide) groups is 1. The summed E-state index contributed by atoms with van der Waals surface area (Å²) in [5, 5.41) is 9.89. The SMILES string of the molecule is N#Cc1c(N2C(=O)CC(Sc3ccc(N)cc3)C2=O)sc2c1CCN(Cc1ccccc1)C2. The third kappa shape index (κ3) is 4.27. The molecule has 3 heterocycles. The van der Waals surface area contributed by atoms with Crippen LogP contribution in [-0.2, 0) is 29.1 Å². The number of anilines is 2. The molecule has 1 aromatic heterocycles. The maximum Gasteiger partial charge on any atom is 0.248 e. The first-order valence-electron chi connectivity index (χ1n) is 10.7. The molecule has 2 aromatic carbocycles. The zero-order chi connectivity index (χ0) is 22.9. The van der Waals surface area contributed by atoms with E-state index < -0.39 is 5.25 Å². The Balaban J connectivity index is 1.37. The van der Waals surface area contributed by atoms with Gasteiger partial charge in [0.25, 0.3) is 0 Å². The smallest absolute Gasteiger partial charge is 0.248 e. The van der Waals surface area contributed by atoms with Crippen molar-refractivity contribution in [3.05, 3.63) is 76.2 Å². The maximum absolute atomic E-state index is 13.2. The highest BCUT2D eigenvalue weighted by atomic mass is 32.2. The molecule has 1 fully saturated rings. The molecular formula is C25H22N4O2S2. The minimum absolute atomic E-state index is 0.126. The number of imide groups is 1. The zero-order valence-corrected chi connectivity index (χ0v) is 19.5. The van der Waals surface area contributed by atoms with Gasteiger partial charge in [-0.25, -0.2) is 4.90 Å². The molecule has 5 rings (SSSR count). The quantitative estimate of drug-likeness (QED) is 0.441. The minimum atomic E-state index is -0.499. The van der Waals surface area contributed by atoms with Gasteiger partial charge in [0, 0.05) is 41.5 Å². The first-order chi connectivity index (χ1) is 16.0. The van der Waals surface area contributed by atoms with E-state index in [1.54, 1.807) is 12.1 Å². The second kappa shape index (κ2) is 9.02. The van der Waals surface area contributed by atoms with E-state index in [0.29, 0.717) is 22.8 Å². The number of nitrogens with two attached hydrogens (primary N) is 1. The van der Waals surface area contributed by atoms with E-state index >= 15 is 0 Å². The van der Waals surface area contributed by atoms with Crippen LogP contribution < -0.4 is 10.6 Å². The van der Waals surface area contributed by atoms with Gasteiger partial charge in [-0.05, 0) is 41.8 Å². The van der Waals surface area contributed by atoms with Crippen LogP contribution in [-0.4, -0.2) is 28.5 Å². The van der Waals surface area contributed by atoms with E-state index in [-0.39, 0.29) is 18.2 Å². The van der Waals surface area contributed by atoms with Crippen LogP contribution in [0.15, 0.2) is 59.5 Å². The second-order valence-electron chi connectivity index (χ2n) is 8.19. The summed E-state index contributed by atoms with van der Waals surface area (Å²) in [5.41, 5.74) is 9.10. The minimum Gasteiger partial charge on any atom is -0.399 e. The first kappa shape index (κ1) is 21.7. The molecule has 1 atom stereocenters. The lowest BCUT2D eigenvalue weighted by atomic mass is 10.0.